The van der Waals surface area contributed by atoms with Crippen LogP contribution in [0, 0.1) is 0 Å². The molecule has 1 heterocycles. The van der Waals surface area contributed by atoms with E-state index in [9.17, 15) is 9.59 Å². The van der Waals surface area contributed by atoms with Crippen molar-refractivity contribution in [1.29, 1.82) is 0 Å². The van der Waals surface area contributed by atoms with Gasteiger partial charge in [-0.05, 0) is 18.6 Å². The summed E-state index contributed by atoms with van der Waals surface area (Å²) in [5.74, 6) is -0.740. The molecule has 1 N–H and O–H groups in total. The minimum atomic E-state index is -1.03. The quantitative estimate of drug-likeness (QED) is 0.838. The molecule has 0 aliphatic carbocycles. The second kappa shape index (κ2) is 5.25. The molecule has 0 saturated carbocycles. The minimum Gasteiger partial charge on any atom is -0.478 e. The lowest BCUT2D eigenvalue weighted by molar-refractivity contribution is -0.118. The van der Waals surface area contributed by atoms with E-state index in [1.165, 1.54) is 23.2 Å². The molecular formula is C11H14N2O3. The highest BCUT2D eigenvalue weighted by Gasteiger charge is 2.12. The summed E-state index contributed by atoms with van der Waals surface area (Å²) in [6.45, 7) is 1.91. The molecule has 1 aromatic rings. The van der Waals surface area contributed by atoms with Crippen molar-refractivity contribution in [2.75, 3.05) is 11.9 Å². The predicted octanol–water partition coefficient (Wildman–Crippen LogP) is 1.54. The third-order valence-corrected chi connectivity index (χ3v) is 2.17. The number of aromatic carboxylic acids is 1. The minimum absolute atomic E-state index is 0.0717. The zero-order valence-corrected chi connectivity index (χ0v) is 9.30. The van der Waals surface area contributed by atoms with E-state index in [1.54, 1.807) is 7.05 Å². The number of anilines is 1. The fraction of sp³-hybridized carbons (Fsp3) is 0.364. The second-order valence-electron chi connectivity index (χ2n) is 3.41. The van der Waals surface area contributed by atoms with Crippen molar-refractivity contribution in [1.82, 2.24) is 4.98 Å². The topological polar surface area (TPSA) is 70.5 Å². The van der Waals surface area contributed by atoms with Gasteiger partial charge in [0.1, 0.15) is 5.82 Å². The number of pyridine rings is 1. The van der Waals surface area contributed by atoms with Crippen LogP contribution in [0.2, 0.25) is 0 Å². The largest absolute Gasteiger partial charge is 0.478 e. The first kappa shape index (κ1) is 12.2. The van der Waals surface area contributed by atoms with Crippen LogP contribution in [0.1, 0.15) is 30.1 Å². The summed E-state index contributed by atoms with van der Waals surface area (Å²) in [4.78, 5) is 27.6. The number of aromatic nitrogens is 1. The fourth-order valence-corrected chi connectivity index (χ4v) is 1.24. The molecule has 1 rings (SSSR count). The Morgan fingerprint density at radius 3 is 2.75 bits per heavy atom. The monoisotopic (exact) mass is 222 g/mol. The van der Waals surface area contributed by atoms with Gasteiger partial charge in [0.25, 0.3) is 0 Å². The van der Waals surface area contributed by atoms with Gasteiger partial charge in [0.15, 0.2) is 0 Å². The van der Waals surface area contributed by atoms with Crippen LogP contribution in [0.25, 0.3) is 0 Å². The van der Waals surface area contributed by atoms with Gasteiger partial charge < -0.3 is 5.11 Å². The van der Waals surface area contributed by atoms with Crippen molar-refractivity contribution in [3.8, 4) is 0 Å². The molecule has 0 radical (unpaired) electrons. The van der Waals surface area contributed by atoms with Crippen molar-refractivity contribution in [2.24, 2.45) is 0 Å². The molecule has 1 aromatic heterocycles. The van der Waals surface area contributed by atoms with Gasteiger partial charge in [0, 0.05) is 19.7 Å². The first-order valence-corrected chi connectivity index (χ1v) is 5.02. The third-order valence-electron chi connectivity index (χ3n) is 2.17. The molecule has 0 atom stereocenters. The average Bonchev–Trinajstić information content (AvgIpc) is 2.28. The van der Waals surface area contributed by atoms with Crippen LogP contribution >= 0.6 is 0 Å². The molecule has 5 nitrogen and oxygen atoms in total. The highest BCUT2D eigenvalue weighted by molar-refractivity contribution is 5.94. The van der Waals surface area contributed by atoms with Crippen molar-refractivity contribution in [3.63, 3.8) is 0 Å². The molecule has 0 spiro atoms. The molecule has 86 valence electrons. The van der Waals surface area contributed by atoms with E-state index in [2.05, 4.69) is 4.98 Å². The summed E-state index contributed by atoms with van der Waals surface area (Å²) >= 11 is 0. The summed E-state index contributed by atoms with van der Waals surface area (Å²) < 4.78 is 0. The van der Waals surface area contributed by atoms with Crippen LogP contribution in [-0.4, -0.2) is 29.0 Å². The van der Waals surface area contributed by atoms with Gasteiger partial charge in [-0.3, -0.25) is 9.69 Å². The number of carboxylic acids is 1. The normalized spacial score (nSPS) is 9.88. The molecule has 0 aliphatic heterocycles. The lowest BCUT2D eigenvalue weighted by Crippen LogP contribution is -2.26. The van der Waals surface area contributed by atoms with Gasteiger partial charge in [-0.25, -0.2) is 9.78 Å². The Morgan fingerprint density at radius 1 is 1.50 bits per heavy atom. The Labute approximate surface area is 93.7 Å². The van der Waals surface area contributed by atoms with Crippen molar-refractivity contribution < 1.29 is 14.7 Å². The number of hydrogen-bond donors (Lipinski definition) is 1. The van der Waals surface area contributed by atoms with Gasteiger partial charge in [-0.1, -0.05) is 6.92 Å². The number of rotatable bonds is 4. The molecule has 0 aliphatic rings. The van der Waals surface area contributed by atoms with Crippen LogP contribution in [0.5, 0.6) is 0 Å². The summed E-state index contributed by atoms with van der Waals surface area (Å²) in [6, 6.07) is 2.78. The van der Waals surface area contributed by atoms with E-state index in [0.29, 0.717) is 12.2 Å². The molecule has 16 heavy (non-hydrogen) atoms. The Balaban J connectivity index is 2.91. The van der Waals surface area contributed by atoms with E-state index in [4.69, 9.17) is 5.11 Å². The summed E-state index contributed by atoms with van der Waals surface area (Å²) in [7, 11) is 1.59. The highest BCUT2D eigenvalue weighted by atomic mass is 16.4. The average molecular weight is 222 g/mol. The number of nitrogens with zero attached hydrogens (tertiary/aromatic N) is 2. The Hall–Kier alpha value is -1.91. The van der Waals surface area contributed by atoms with Crippen LogP contribution in [0.3, 0.4) is 0 Å². The highest BCUT2D eigenvalue weighted by Crippen LogP contribution is 2.12. The summed E-state index contributed by atoms with van der Waals surface area (Å²) in [6.07, 6.45) is 2.56. The third kappa shape index (κ3) is 2.79. The smallest absolute Gasteiger partial charge is 0.335 e. The lowest BCUT2D eigenvalue weighted by Gasteiger charge is -2.15. The lowest BCUT2D eigenvalue weighted by atomic mass is 10.2. The number of carbonyl (C=O) groups is 2. The molecule has 1 amide bonds. The molecule has 0 unspecified atom stereocenters. The number of amides is 1. The number of carbonyl (C=O) groups excluding carboxylic acids is 1. The number of carboxylic acid groups (broad SMARTS) is 1. The van der Waals surface area contributed by atoms with Gasteiger partial charge >= 0.3 is 5.97 Å². The van der Waals surface area contributed by atoms with E-state index in [1.807, 2.05) is 6.92 Å². The first-order chi connectivity index (χ1) is 7.56. The predicted molar refractivity (Wildman–Crippen MR) is 59.5 cm³/mol. The fourth-order valence-electron chi connectivity index (χ4n) is 1.24. The van der Waals surface area contributed by atoms with E-state index >= 15 is 0 Å². The summed E-state index contributed by atoms with van der Waals surface area (Å²) in [5, 5.41) is 8.80. The maximum absolute atomic E-state index is 11.6. The number of hydrogen-bond acceptors (Lipinski definition) is 3. The van der Waals surface area contributed by atoms with Crippen LogP contribution in [0.15, 0.2) is 18.3 Å². The van der Waals surface area contributed by atoms with Crippen LogP contribution in [-0.2, 0) is 4.79 Å². The molecule has 0 bridgehead atoms. The maximum Gasteiger partial charge on any atom is 0.335 e. The van der Waals surface area contributed by atoms with Crippen molar-refractivity contribution in [2.45, 2.75) is 19.8 Å². The zero-order valence-electron chi connectivity index (χ0n) is 9.30. The van der Waals surface area contributed by atoms with E-state index in [0.717, 1.165) is 6.42 Å². The second-order valence-corrected chi connectivity index (χ2v) is 3.41. The standard InChI is InChI=1S/C11H14N2O3/c1-3-4-10(14)13(2)9-7-8(11(15)16)5-6-12-9/h5-7H,3-4H2,1-2H3,(H,15,16). The van der Waals surface area contributed by atoms with Gasteiger partial charge in [0.05, 0.1) is 5.56 Å². The Kier molecular flexibility index (Phi) is 3.99. The van der Waals surface area contributed by atoms with Crippen LogP contribution < -0.4 is 4.90 Å². The van der Waals surface area contributed by atoms with E-state index < -0.39 is 5.97 Å². The van der Waals surface area contributed by atoms with Gasteiger partial charge in [-0.15, -0.1) is 0 Å². The maximum atomic E-state index is 11.6. The zero-order chi connectivity index (χ0) is 12.1. The molecular weight excluding hydrogens is 208 g/mol. The van der Waals surface area contributed by atoms with Gasteiger partial charge in [0.2, 0.25) is 5.91 Å². The van der Waals surface area contributed by atoms with Crippen molar-refractivity contribution >= 4 is 17.7 Å². The summed E-state index contributed by atoms with van der Waals surface area (Å²) in [5.41, 5.74) is 0.126. The van der Waals surface area contributed by atoms with Crippen molar-refractivity contribution in [3.05, 3.63) is 23.9 Å². The SMILES string of the molecule is CCCC(=O)N(C)c1cc(C(=O)O)ccn1. The van der Waals surface area contributed by atoms with Gasteiger partial charge in [-0.2, -0.15) is 0 Å². The first-order valence-electron chi connectivity index (χ1n) is 5.02. The van der Waals surface area contributed by atoms with Crippen LogP contribution in [0.4, 0.5) is 5.82 Å². The Morgan fingerprint density at radius 2 is 2.19 bits per heavy atom. The Bertz CT molecular complexity index is 404. The molecule has 0 saturated heterocycles. The molecule has 5 heteroatoms. The molecule has 0 aromatic carbocycles. The van der Waals surface area contributed by atoms with E-state index in [-0.39, 0.29) is 11.5 Å². The molecule has 0 fully saturated rings.